The maximum atomic E-state index is 5.87. The molecule has 90 valence electrons. The lowest BCUT2D eigenvalue weighted by atomic mass is 9.85. The van der Waals surface area contributed by atoms with Gasteiger partial charge in [-0.1, -0.05) is 6.58 Å². The minimum atomic E-state index is -0.606. The van der Waals surface area contributed by atoms with E-state index in [0.717, 1.165) is 18.4 Å². The molecular weight excluding hydrogens is 208 g/mol. The van der Waals surface area contributed by atoms with Gasteiger partial charge in [0, 0.05) is 12.0 Å². The summed E-state index contributed by atoms with van der Waals surface area (Å²) in [5.74, 6) is -1.13. The summed E-state index contributed by atoms with van der Waals surface area (Å²) < 4.78 is 23.1. The quantitative estimate of drug-likeness (QED) is 0.588. The first-order valence-corrected chi connectivity index (χ1v) is 5.85. The van der Waals surface area contributed by atoms with Crippen molar-refractivity contribution in [3.05, 3.63) is 12.2 Å². The predicted octanol–water partition coefficient (Wildman–Crippen LogP) is 1.60. The molecule has 4 heteroatoms. The molecule has 2 aliphatic heterocycles. The zero-order valence-electron chi connectivity index (χ0n) is 9.82. The standard InChI is InChI=1S/C12H18O4/c1-8-10-9(15-11(2,3)16-10)4-5-12(8)13-6-7-14-12/h9-10H,1,4-7H2,2-3H3/t9-,10+/m1/s1. The first kappa shape index (κ1) is 10.7. The van der Waals surface area contributed by atoms with Gasteiger partial charge in [-0.05, 0) is 20.3 Å². The molecule has 16 heavy (non-hydrogen) atoms. The molecule has 2 saturated heterocycles. The fraction of sp³-hybridized carbons (Fsp3) is 0.833. The molecule has 2 heterocycles. The Hall–Kier alpha value is -0.420. The van der Waals surface area contributed by atoms with E-state index in [2.05, 4.69) is 6.58 Å². The van der Waals surface area contributed by atoms with Gasteiger partial charge in [0.2, 0.25) is 0 Å². The van der Waals surface area contributed by atoms with Crippen molar-refractivity contribution in [3.63, 3.8) is 0 Å². The van der Waals surface area contributed by atoms with Crippen LogP contribution < -0.4 is 0 Å². The van der Waals surface area contributed by atoms with Gasteiger partial charge in [0.25, 0.3) is 0 Å². The summed E-state index contributed by atoms with van der Waals surface area (Å²) in [6, 6.07) is 0. The molecule has 3 rings (SSSR count). The number of fused-ring (bicyclic) bond motifs is 1. The molecule has 3 aliphatic rings. The van der Waals surface area contributed by atoms with Gasteiger partial charge in [-0.3, -0.25) is 0 Å². The molecule has 1 aliphatic carbocycles. The molecule has 0 aromatic heterocycles. The van der Waals surface area contributed by atoms with E-state index in [-0.39, 0.29) is 12.2 Å². The summed E-state index contributed by atoms with van der Waals surface area (Å²) in [5, 5.41) is 0. The topological polar surface area (TPSA) is 36.9 Å². The van der Waals surface area contributed by atoms with Crippen LogP contribution in [0.1, 0.15) is 26.7 Å². The van der Waals surface area contributed by atoms with Crippen LogP contribution in [0.3, 0.4) is 0 Å². The van der Waals surface area contributed by atoms with Gasteiger partial charge in [0.15, 0.2) is 11.6 Å². The molecule has 0 bridgehead atoms. The Bertz CT molecular complexity index is 317. The lowest BCUT2D eigenvalue weighted by Crippen LogP contribution is -2.46. The van der Waals surface area contributed by atoms with Gasteiger partial charge in [-0.25, -0.2) is 0 Å². The number of rotatable bonds is 0. The summed E-state index contributed by atoms with van der Waals surface area (Å²) in [6.07, 6.45) is 1.71. The van der Waals surface area contributed by atoms with Crippen molar-refractivity contribution in [1.82, 2.24) is 0 Å². The Labute approximate surface area is 95.5 Å². The van der Waals surface area contributed by atoms with Crippen molar-refractivity contribution in [1.29, 1.82) is 0 Å². The first-order valence-electron chi connectivity index (χ1n) is 5.85. The van der Waals surface area contributed by atoms with E-state index in [4.69, 9.17) is 18.9 Å². The fourth-order valence-corrected chi connectivity index (χ4v) is 2.84. The molecule has 0 aromatic rings. The van der Waals surface area contributed by atoms with Crippen LogP contribution in [0.2, 0.25) is 0 Å². The van der Waals surface area contributed by atoms with Crippen molar-refractivity contribution in [2.45, 2.75) is 50.5 Å². The Balaban J connectivity index is 1.85. The SMILES string of the molecule is C=C1[C@@H]2OC(C)(C)O[C@@H]2CCC12OCCO2. The Morgan fingerprint density at radius 3 is 2.56 bits per heavy atom. The maximum Gasteiger partial charge on any atom is 0.193 e. The first-order chi connectivity index (χ1) is 7.53. The molecular formula is C12H18O4. The second kappa shape index (κ2) is 3.29. The van der Waals surface area contributed by atoms with Crippen LogP contribution in [-0.4, -0.2) is 37.0 Å². The van der Waals surface area contributed by atoms with E-state index < -0.39 is 11.6 Å². The number of hydrogen-bond donors (Lipinski definition) is 0. The largest absolute Gasteiger partial charge is 0.344 e. The van der Waals surface area contributed by atoms with Crippen LogP contribution in [0.15, 0.2) is 12.2 Å². The molecule has 0 unspecified atom stereocenters. The average molecular weight is 226 g/mol. The van der Waals surface area contributed by atoms with Crippen molar-refractivity contribution >= 4 is 0 Å². The van der Waals surface area contributed by atoms with Crippen LogP contribution >= 0.6 is 0 Å². The van der Waals surface area contributed by atoms with Crippen LogP contribution in [0.25, 0.3) is 0 Å². The lowest BCUT2D eigenvalue weighted by Gasteiger charge is -2.38. The van der Waals surface area contributed by atoms with E-state index in [1.54, 1.807) is 0 Å². The minimum absolute atomic E-state index is 0.0955. The van der Waals surface area contributed by atoms with Gasteiger partial charge in [0.1, 0.15) is 6.10 Å². The molecule has 4 nitrogen and oxygen atoms in total. The van der Waals surface area contributed by atoms with E-state index in [9.17, 15) is 0 Å². The molecule has 1 spiro atoms. The second-order valence-electron chi connectivity index (χ2n) is 5.11. The maximum absolute atomic E-state index is 5.87. The summed E-state index contributed by atoms with van der Waals surface area (Å²) in [7, 11) is 0. The molecule has 3 fully saturated rings. The predicted molar refractivity (Wildman–Crippen MR) is 56.8 cm³/mol. The highest BCUT2D eigenvalue weighted by molar-refractivity contribution is 5.22. The monoisotopic (exact) mass is 226 g/mol. The Morgan fingerprint density at radius 1 is 1.19 bits per heavy atom. The van der Waals surface area contributed by atoms with Crippen LogP contribution in [0.5, 0.6) is 0 Å². The van der Waals surface area contributed by atoms with Crippen LogP contribution in [-0.2, 0) is 18.9 Å². The third-order valence-electron chi connectivity index (χ3n) is 3.53. The van der Waals surface area contributed by atoms with E-state index in [1.807, 2.05) is 13.8 Å². The Kier molecular flexibility index (Phi) is 2.20. The number of ether oxygens (including phenoxy) is 4. The zero-order chi connectivity index (χ0) is 11.4. The van der Waals surface area contributed by atoms with Crippen molar-refractivity contribution in [3.8, 4) is 0 Å². The third-order valence-corrected chi connectivity index (χ3v) is 3.53. The highest BCUT2D eigenvalue weighted by atomic mass is 16.8. The van der Waals surface area contributed by atoms with Crippen LogP contribution in [0, 0.1) is 0 Å². The molecule has 1 saturated carbocycles. The Morgan fingerprint density at radius 2 is 1.88 bits per heavy atom. The molecule has 0 N–H and O–H groups in total. The summed E-state index contributed by atoms with van der Waals surface area (Å²) in [6.45, 7) is 9.25. The summed E-state index contributed by atoms with van der Waals surface area (Å²) in [4.78, 5) is 0. The fourth-order valence-electron chi connectivity index (χ4n) is 2.84. The van der Waals surface area contributed by atoms with Crippen LogP contribution in [0.4, 0.5) is 0 Å². The van der Waals surface area contributed by atoms with Gasteiger partial charge >= 0.3 is 0 Å². The van der Waals surface area contributed by atoms with E-state index in [1.165, 1.54) is 0 Å². The normalized spacial score (nSPS) is 40.2. The molecule has 0 amide bonds. The lowest BCUT2D eigenvalue weighted by molar-refractivity contribution is -0.158. The third kappa shape index (κ3) is 1.44. The summed E-state index contributed by atoms with van der Waals surface area (Å²) >= 11 is 0. The summed E-state index contributed by atoms with van der Waals surface area (Å²) in [5.41, 5.74) is 0.881. The molecule has 0 aromatic carbocycles. The number of hydrogen-bond acceptors (Lipinski definition) is 4. The van der Waals surface area contributed by atoms with E-state index >= 15 is 0 Å². The van der Waals surface area contributed by atoms with E-state index in [0.29, 0.717) is 13.2 Å². The minimum Gasteiger partial charge on any atom is -0.344 e. The highest BCUT2D eigenvalue weighted by Gasteiger charge is 2.54. The average Bonchev–Trinajstić information content (AvgIpc) is 2.78. The van der Waals surface area contributed by atoms with Gasteiger partial charge < -0.3 is 18.9 Å². The molecule has 2 atom stereocenters. The van der Waals surface area contributed by atoms with Crippen molar-refractivity contribution < 1.29 is 18.9 Å². The van der Waals surface area contributed by atoms with Gasteiger partial charge in [0.05, 0.1) is 19.3 Å². The second-order valence-corrected chi connectivity index (χ2v) is 5.11. The zero-order valence-corrected chi connectivity index (χ0v) is 9.82. The smallest absolute Gasteiger partial charge is 0.193 e. The van der Waals surface area contributed by atoms with Crippen molar-refractivity contribution in [2.75, 3.05) is 13.2 Å². The van der Waals surface area contributed by atoms with Gasteiger partial charge in [-0.2, -0.15) is 0 Å². The van der Waals surface area contributed by atoms with Crippen molar-refractivity contribution in [2.24, 2.45) is 0 Å². The highest BCUT2D eigenvalue weighted by Crippen LogP contribution is 2.46. The van der Waals surface area contributed by atoms with Gasteiger partial charge in [-0.15, -0.1) is 0 Å². The molecule has 0 radical (unpaired) electrons.